The van der Waals surface area contributed by atoms with Gasteiger partial charge in [0.1, 0.15) is 5.75 Å². The molecule has 0 amide bonds. The van der Waals surface area contributed by atoms with Crippen LogP contribution in [0.15, 0.2) is 16.6 Å². The average molecular weight is 227 g/mol. The molecule has 62 valence electrons. The highest BCUT2D eigenvalue weighted by molar-refractivity contribution is 9.10. The smallest absolute Gasteiger partial charge is 0.171 e. The molecule has 0 spiro atoms. The number of rotatable bonds is 1. The first-order valence-electron chi connectivity index (χ1n) is 3.62. The third kappa shape index (κ3) is 0.894. The lowest BCUT2D eigenvalue weighted by molar-refractivity contribution is 0.0964. The van der Waals surface area contributed by atoms with E-state index < -0.39 is 0 Å². The van der Waals surface area contributed by atoms with E-state index in [9.17, 15) is 4.79 Å². The molecule has 1 aromatic rings. The van der Waals surface area contributed by atoms with Gasteiger partial charge in [0, 0.05) is 6.42 Å². The zero-order valence-corrected chi connectivity index (χ0v) is 8.14. The summed E-state index contributed by atoms with van der Waals surface area (Å²) in [5.74, 6) is 0.840. The van der Waals surface area contributed by atoms with Crippen LogP contribution in [0.2, 0.25) is 0 Å². The summed E-state index contributed by atoms with van der Waals surface area (Å²) >= 11 is 3.33. The second-order valence-electron chi connectivity index (χ2n) is 2.71. The molecule has 0 saturated carbocycles. The van der Waals surface area contributed by atoms with Crippen molar-refractivity contribution in [1.29, 1.82) is 0 Å². The number of hydrogen-bond acceptors (Lipinski definition) is 2. The van der Waals surface area contributed by atoms with Crippen LogP contribution >= 0.6 is 15.9 Å². The topological polar surface area (TPSA) is 26.3 Å². The van der Waals surface area contributed by atoms with Gasteiger partial charge in [-0.25, -0.2) is 0 Å². The summed E-state index contributed by atoms with van der Waals surface area (Å²) in [6.07, 6.45) is 0.555. The Morgan fingerprint density at radius 3 is 2.75 bits per heavy atom. The molecular weight excluding hydrogens is 220 g/mol. The SMILES string of the molecule is COc1c(Br)ccc2c1C(=O)C2. The van der Waals surface area contributed by atoms with Gasteiger partial charge in [-0.1, -0.05) is 6.07 Å². The van der Waals surface area contributed by atoms with E-state index in [2.05, 4.69) is 15.9 Å². The fraction of sp³-hybridized carbons (Fsp3) is 0.222. The highest BCUT2D eigenvalue weighted by atomic mass is 79.9. The molecule has 0 aliphatic heterocycles. The molecule has 0 atom stereocenters. The van der Waals surface area contributed by atoms with E-state index in [0.29, 0.717) is 12.2 Å². The number of hydrogen-bond donors (Lipinski definition) is 0. The summed E-state index contributed by atoms with van der Waals surface area (Å²) in [6.45, 7) is 0. The molecule has 1 aromatic carbocycles. The zero-order valence-electron chi connectivity index (χ0n) is 6.56. The quantitative estimate of drug-likeness (QED) is 0.735. The molecule has 0 aromatic heterocycles. The Kier molecular flexibility index (Phi) is 1.68. The van der Waals surface area contributed by atoms with E-state index in [1.165, 1.54) is 0 Å². The minimum atomic E-state index is 0.170. The molecule has 0 radical (unpaired) electrons. The van der Waals surface area contributed by atoms with Gasteiger partial charge in [-0.2, -0.15) is 0 Å². The summed E-state index contributed by atoms with van der Waals surface area (Å²) in [5.41, 5.74) is 1.83. The molecule has 0 bridgehead atoms. The van der Waals surface area contributed by atoms with Crippen LogP contribution < -0.4 is 4.74 Å². The van der Waals surface area contributed by atoms with E-state index in [1.807, 2.05) is 12.1 Å². The van der Waals surface area contributed by atoms with E-state index in [0.717, 1.165) is 15.6 Å². The van der Waals surface area contributed by atoms with Gasteiger partial charge in [-0.15, -0.1) is 0 Å². The van der Waals surface area contributed by atoms with Gasteiger partial charge in [0.05, 0.1) is 17.1 Å². The molecule has 1 aliphatic rings. The molecule has 0 fully saturated rings. The fourth-order valence-corrected chi connectivity index (χ4v) is 1.90. The Labute approximate surface area is 78.7 Å². The Morgan fingerprint density at radius 2 is 2.25 bits per heavy atom. The van der Waals surface area contributed by atoms with Gasteiger partial charge < -0.3 is 4.74 Å². The Balaban J connectivity index is 2.64. The van der Waals surface area contributed by atoms with E-state index >= 15 is 0 Å². The Bertz CT molecular complexity index is 358. The normalized spacial score (nSPS) is 13.7. The number of ether oxygens (including phenoxy) is 1. The van der Waals surface area contributed by atoms with Crippen molar-refractivity contribution in [2.75, 3.05) is 7.11 Å². The van der Waals surface area contributed by atoms with Crippen LogP contribution in [0.3, 0.4) is 0 Å². The predicted molar refractivity (Wildman–Crippen MR) is 48.7 cm³/mol. The number of ketones is 1. The monoisotopic (exact) mass is 226 g/mol. The standard InChI is InChI=1S/C9H7BrO2/c1-12-9-6(10)3-2-5-4-7(11)8(5)9/h2-3H,4H2,1H3. The van der Waals surface area contributed by atoms with Gasteiger partial charge in [0.25, 0.3) is 0 Å². The lowest BCUT2D eigenvalue weighted by Gasteiger charge is -2.20. The van der Waals surface area contributed by atoms with Crippen molar-refractivity contribution >= 4 is 21.7 Å². The van der Waals surface area contributed by atoms with E-state index in [-0.39, 0.29) is 5.78 Å². The third-order valence-electron chi connectivity index (χ3n) is 2.03. The molecule has 0 heterocycles. The van der Waals surface area contributed by atoms with Gasteiger partial charge in [0.15, 0.2) is 5.78 Å². The van der Waals surface area contributed by atoms with Gasteiger partial charge in [-0.3, -0.25) is 4.79 Å². The van der Waals surface area contributed by atoms with Crippen LogP contribution in [-0.4, -0.2) is 12.9 Å². The van der Waals surface area contributed by atoms with Crippen LogP contribution in [0, 0.1) is 0 Å². The van der Waals surface area contributed by atoms with Crippen molar-refractivity contribution in [2.45, 2.75) is 6.42 Å². The maximum atomic E-state index is 11.2. The largest absolute Gasteiger partial charge is 0.495 e. The number of fused-ring (bicyclic) bond motifs is 1. The lowest BCUT2D eigenvalue weighted by atomic mass is 9.86. The number of carbonyl (C=O) groups excluding carboxylic acids is 1. The van der Waals surface area contributed by atoms with Crippen molar-refractivity contribution in [3.8, 4) is 5.75 Å². The second kappa shape index (κ2) is 2.59. The number of benzene rings is 1. The summed E-state index contributed by atoms with van der Waals surface area (Å²) < 4.78 is 5.95. The van der Waals surface area contributed by atoms with Crippen molar-refractivity contribution in [2.24, 2.45) is 0 Å². The van der Waals surface area contributed by atoms with Crippen molar-refractivity contribution in [1.82, 2.24) is 0 Å². The second-order valence-corrected chi connectivity index (χ2v) is 3.57. The highest BCUT2D eigenvalue weighted by Crippen LogP contribution is 2.37. The molecule has 0 unspecified atom stereocenters. The zero-order chi connectivity index (χ0) is 8.72. The minimum Gasteiger partial charge on any atom is -0.495 e. The first kappa shape index (κ1) is 7.80. The molecule has 1 aliphatic carbocycles. The van der Waals surface area contributed by atoms with Crippen LogP contribution in [0.25, 0.3) is 0 Å². The molecular formula is C9H7BrO2. The molecule has 3 heteroatoms. The summed E-state index contributed by atoms with van der Waals surface area (Å²) in [5, 5.41) is 0. The van der Waals surface area contributed by atoms with Crippen LogP contribution in [0.4, 0.5) is 0 Å². The summed E-state index contributed by atoms with van der Waals surface area (Å²) in [4.78, 5) is 11.2. The van der Waals surface area contributed by atoms with Crippen LogP contribution in [-0.2, 0) is 6.42 Å². The van der Waals surface area contributed by atoms with Crippen LogP contribution in [0.5, 0.6) is 5.75 Å². The molecule has 12 heavy (non-hydrogen) atoms. The fourth-order valence-electron chi connectivity index (χ4n) is 1.41. The molecule has 2 rings (SSSR count). The maximum Gasteiger partial charge on any atom is 0.171 e. The van der Waals surface area contributed by atoms with Crippen molar-refractivity contribution in [3.05, 3.63) is 27.7 Å². The number of halogens is 1. The van der Waals surface area contributed by atoms with E-state index in [4.69, 9.17) is 4.74 Å². The predicted octanol–water partition coefficient (Wildman–Crippen LogP) is 2.20. The number of carbonyl (C=O) groups is 1. The first-order chi connectivity index (χ1) is 5.74. The van der Waals surface area contributed by atoms with Crippen LogP contribution in [0.1, 0.15) is 15.9 Å². The van der Waals surface area contributed by atoms with Gasteiger partial charge in [-0.05, 0) is 27.6 Å². The first-order valence-corrected chi connectivity index (χ1v) is 4.42. The van der Waals surface area contributed by atoms with Gasteiger partial charge >= 0.3 is 0 Å². The third-order valence-corrected chi connectivity index (χ3v) is 2.65. The Morgan fingerprint density at radius 1 is 1.50 bits per heavy atom. The molecule has 2 nitrogen and oxygen atoms in total. The molecule has 0 saturated heterocycles. The minimum absolute atomic E-state index is 0.170. The van der Waals surface area contributed by atoms with Gasteiger partial charge in [0.2, 0.25) is 0 Å². The summed E-state index contributed by atoms with van der Waals surface area (Å²) in [7, 11) is 1.58. The number of methoxy groups -OCH3 is 1. The van der Waals surface area contributed by atoms with E-state index in [1.54, 1.807) is 7.11 Å². The molecule has 0 N–H and O–H groups in total. The maximum absolute atomic E-state index is 11.2. The number of Topliss-reactive ketones (excluding diaryl/α,β-unsaturated/α-hetero) is 1. The Hall–Kier alpha value is -0.830. The average Bonchev–Trinajstić information content (AvgIpc) is 2.06. The highest BCUT2D eigenvalue weighted by Gasteiger charge is 2.28. The van der Waals surface area contributed by atoms with Crippen molar-refractivity contribution < 1.29 is 9.53 Å². The van der Waals surface area contributed by atoms with Crippen molar-refractivity contribution in [3.63, 3.8) is 0 Å². The summed E-state index contributed by atoms with van der Waals surface area (Å²) in [6, 6.07) is 3.85. The lowest BCUT2D eigenvalue weighted by Crippen LogP contribution is -2.19.